The number of rotatable bonds is 4. The second kappa shape index (κ2) is 8.27. The van der Waals surface area contributed by atoms with Crippen molar-refractivity contribution in [3.63, 3.8) is 0 Å². The monoisotopic (exact) mass is 209 g/mol. The van der Waals surface area contributed by atoms with Gasteiger partial charge >= 0.3 is 0 Å². The van der Waals surface area contributed by atoms with Gasteiger partial charge in [-0.3, -0.25) is 0 Å². The third kappa shape index (κ3) is 5.40. The van der Waals surface area contributed by atoms with Crippen LogP contribution in [-0.2, 0) is 0 Å². The Kier molecular flexibility index (Phi) is 7.69. The van der Waals surface area contributed by atoms with Gasteiger partial charge in [-0.05, 0) is 24.0 Å². The molecule has 0 bridgehead atoms. The minimum Gasteiger partial charge on any atom is -0.478 e. The fourth-order valence-corrected chi connectivity index (χ4v) is 1.07. The van der Waals surface area contributed by atoms with Gasteiger partial charge in [0, 0.05) is 12.3 Å². The summed E-state index contributed by atoms with van der Waals surface area (Å²) in [5.41, 5.74) is 1.28. The molecule has 15 heavy (non-hydrogen) atoms. The predicted octanol–water partition coefficient (Wildman–Crippen LogP) is 4.02. The van der Waals surface area contributed by atoms with Crippen LogP contribution in [0.25, 0.3) is 0 Å². The Hall–Kier alpha value is -1.05. The van der Waals surface area contributed by atoms with E-state index in [0.717, 1.165) is 18.9 Å². The standard InChI is InChI=1S/C11H17NO.C2H6/c1-4-7-13-11-8-10(9(2)3)5-6-12-11;1-2/h5-6,8-9H,4,7H2,1-3H3;1-2H3. The normalized spacial score (nSPS) is 9.47. The maximum Gasteiger partial charge on any atom is 0.213 e. The number of hydrogen-bond acceptors (Lipinski definition) is 2. The number of ether oxygens (including phenoxy) is 1. The molecule has 0 aliphatic carbocycles. The topological polar surface area (TPSA) is 22.1 Å². The Morgan fingerprint density at radius 2 is 2.00 bits per heavy atom. The van der Waals surface area contributed by atoms with E-state index < -0.39 is 0 Å². The van der Waals surface area contributed by atoms with E-state index in [1.807, 2.05) is 26.0 Å². The Morgan fingerprint density at radius 1 is 1.33 bits per heavy atom. The van der Waals surface area contributed by atoms with Crippen LogP contribution >= 0.6 is 0 Å². The molecule has 1 aromatic rings. The van der Waals surface area contributed by atoms with Gasteiger partial charge in [0.2, 0.25) is 5.88 Å². The molecule has 0 spiro atoms. The molecule has 0 N–H and O–H groups in total. The van der Waals surface area contributed by atoms with Gasteiger partial charge in [-0.15, -0.1) is 0 Å². The smallest absolute Gasteiger partial charge is 0.213 e. The van der Waals surface area contributed by atoms with Crippen molar-refractivity contribution >= 4 is 0 Å². The van der Waals surface area contributed by atoms with E-state index in [1.165, 1.54) is 5.56 Å². The van der Waals surface area contributed by atoms with E-state index in [1.54, 1.807) is 6.20 Å². The highest BCUT2D eigenvalue weighted by molar-refractivity contribution is 5.22. The van der Waals surface area contributed by atoms with E-state index >= 15 is 0 Å². The zero-order valence-electron chi connectivity index (χ0n) is 10.6. The van der Waals surface area contributed by atoms with Crippen molar-refractivity contribution < 1.29 is 4.74 Å². The van der Waals surface area contributed by atoms with Gasteiger partial charge in [0.25, 0.3) is 0 Å². The van der Waals surface area contributed by atoms with Crippen LogP contribution in [-0.4, -0.2) is 11.6 Å². The zero-order chi connectivity index (χ0) is 11.7. The largest absolute Gasteiger partial charge is 0.478 e. The van der Waals surface area contributed by atoms with Crippen LogP contribution in [0.2, 0.25) is 0 Å². The van der Waals surface area contributed by atoms with Crippen molar-refractivity contribution in [3.8, 4) is 5.88 Å². The second-order valence-corrected chi connectivity index (χ2v) is 3.43. The van der Waals surface area contributed by atoms with Gasteiger partial charge in [-0.25, -0.2) is 4.98 Å². The fourth-order valence-electron chi connectivity index (χ4n) is 1.07. The molecular formula is C13H23NO. The summed E-state index contributed by atoms with van der Waals surface area (Å²) < 4.78 is 5.43. The molecule has 0 amide bonds. The van der Waals surface area contributed by atoms with Gasteiger partial charge in [0.05, 0.1) is 6.61 Å². The van der Waals surface area contributed by atoms with Crippen molar-refractivity contribution in [3.05, 3.63) is 23.9 Å². The molecule has 2 nitrogen and oxygen atoms in total. The van der Waals surface area contributed by atoms with Crippen LogP contribution in [0.1, 0.15) is 52.5 Å². The number of aromatic nitrogens is 1. The zero-order valence-corrected chi connectivity index (χ0v) is 10.6. The molecule has 0 atom stereocenters. The Morgan fingerprint density at radius 3 is 2.53 bits per heavy atom. The first-order chi connectivity index (χ1) is 7.24. The van der Waals surface area contributed by atoms with Crippen LogP contribution < -0.4 is 4.74 Å². The number of nitrogens with zero attached hydrogens (tertiary/aromatic N) is 1. The molecule has 0 aromatic carbocycles. The van der Waals surface area contributed by atoms with Crippen LogP contribution in [0, 0.1) is 0 Å². The molecule has 0 fully saturated rings. The summed E-state index contributed by atoms with van der Waals surface area (Å²) in [5.74, 6) is 1.28. The average Bonchev–Trinajstić information content (AvgIpc) is 2.29. The average molecular weight is 209 g/mol. The molecular weight excluding hydrogens is 186 g/mol. The first kappa shape index (κ1) is 13.9. The fraction of sp³-hybridized carbons (Fsp3) is 0.615. The minimum absolute atomic E-state index is 0.534. The number of pyridine rings is 1. The lowest BCUT2D eigenvalue weighted by molar-refractivity contribution is 0.305. The highest BCUT2D eigenvalue weighted by atomic mass is 16.5. The molecule has 0 unspecified atom stereocenters. The second-order valence-electron chi connectivity index (χ2n) is 3.43. The van der Waals surface area contributed by atoms with Crippen molar-refractivity contribution in [2.24, 2.45) is 0 Å². The summed E-state index contributed by atoms with van der Waals surface area (Å²) >= 11 is 0. The van der Waals surface area contributed by atoms with Crippen molar-refractivity contribution in [1.29, 1.82) is 0 Å². The van der Waals surface area contributed by atoms with Crippen molar-refractivity contribution in [1.82, 2.24) is 4.98 Å². The summed E-state index contributed by atoms with van der Waals surface area (Å²) in [7, 11) is 0. The molecule has 0 aliphatic rings. The highest BCUT2D eigenvalue weighted by Crippen LogP contribution is 2.17. The maximum absolute atomic E-state index is 5.43. The van der Waals surface area contributed by atoms with Gasteiger partial charge in [-0.1, -0.05) is 34.6 Å². The van der Waals surface area contributed by atoms with E-state index in [2.05, 4.69) is 25.8 Å². The molecule has 0 radical (unpaired) electrons. The van der Waals surface area contributed by atoms with E-state index in [9.17, 15) is 0 Å². The third-order valence-corrected chi connectivity index (χ3v) is 1.88. The molecule has 1 heterocycles. The molecule has 1 aromatic heterocycles. The molecule has 2 heteroatoms. The van der Waals surface area contributed by atoms with Crippen molar-refractivity contribution in [2.45, 2.75) is 47.0 Å². The summed E-state index contributed by atoms with van der Waals surface area (Å²) in [6.07, 6.45) is 2.83. The summed E-state index contributed by atoms with van der Waals surface area (Å²) in [5, 5.41) is 0. The third-order valence-electron chi connectivity index (χ3n) is 1.88. The molecule has 0 aliphatic heterocycles. The van der Waals surface area contributed by atoms with Gasteiger partial charge in [0.15, 0.2) is 0 Å². The lowest BCUT2D eigenvalue weighted by atomic mass is 10.1. The Labute approximate surface area is 93.7 Å². The van der Waals surface area contributed by atoms with E-state index in [0.29, 0.717) is 5.92 Å². The molecule has 1 rings (SSSR count). The molecule has 86 valence electrons. The van der Waals surface area contributed by atoms with Gasteiger partial charge in [0.1, 0.15) is 0 Å². The summed E-state index contributed by atoms with van der Waals surface area (Å²) in [4.78, 5) is 4.14. The SMILES string of the molecule is CC.CCCOc1cc(C(C)C)ccn1. The summed E-state index contributed by atoms with van der Waals surface area (Å²) in [6.45, 7) is 11.2. The predicted molar refractivity (Wildman–Crippen MR) is 65.5 cm³/mol. The van der Waals surface area contributed by atoms with Gasteiger partial charge in [-0.2, -0.15) is 0 Å². The van der Waals surface area contributed by atoms with E-state index in [4.69, 9.17) is 4.74 Å². The van der Waals surface area contributed by atoms with E-state index in [-0.39, 0.29) is 0 Å². The first-order valence-electron chi connectivity index (χ1n) is 5.82. The summed E-state index contributed by atoms with van der Waals surface area (Å²) in [6, 6.07) is 4.05. The first-order valence-corrected chi connectivity index (χ1v) is 5.82. The van der Waals surface area contributed by atoms with Crippen LogP contribution in [0.3, 0.4) is 0 Å². The lowest BCUT2D eigenvalue weighted by Gasteiger charge is -2.07. The quantitative estimate of drug-likeness (QED) is 0.747. The lowest BCUT2D eigenvalue weighted by Crippen LogP contribution is -1.98. The Balaban J connectivity index is 0.000000921. The van der Waals surface area contributed by atoms with Crippen molar-refractivity contribution in [2.75, 3.05) is 6.61 Å². The Bertz CT molecular complexity index is 258. The number of hydrogen-bond donors (Lipinski definition) is 0. The van der Waals surface area contributed by atoms with Crippen LogP contribution in [0.4, 0.5) is 0 Å². The van der Waals surface area contributed by atoms with Crippen LogP contribution in [0.5, 0.6) is 5.88 Å². The minimum atomic E-state index is 0.534. The van der Waals surface area contributed by atoms with Crippen LogP contribution in [0.15, 0.2) is 18.3 Å². The maximum atomic E-state index is 5.43. The van der Waals surface area contributed by atoms with Gasteiger partial charge < -0.3 is 4.74 Å². The molecule has 0 saturated heterocycles. The highest BCUT2D eigenvalue weighted by Gasteiger charge is 2.01. The molecule has 0 saturated carbocycles.